The van der Waals surface area contributed by atoms with E-state index in [4.69, 9.17) is 0 Å². The highest BCUT2D eigenvalue weighted by Gasteiger charge is 2.10. The van der Waals surface area contributed by atoms with Crippen molar-refractivity contribution in [2.45, 2.75) is 13.8 Å². The standard InChI is InChI=1S/C19H21N3O3/c1-13-6-4-5-7-17(13)19(25)20-12-18(24)21-15-8-10-16(11-9-15)22(3)14(2)23/h4-11H,12H2,1-3H3,(H,20,25)(H,21,24). The second-order valence-corrected chi connectivity index (χ2v) is 5.67. The molecule has 0 heterocycles. The summed E-state index contributed by atoms with van der Waals surface area (Å²) in [5.41, 5.74) is 2.73. The van der Waals surface area contributed by atoms with Crippen LogP contribution in [0.4, 0.5) is 11.4 Å². The van der Waals surface area contributed by atoms with Gasteiger partial charge in [0.1, 0.15) is 0 Å². The van der Waals surface area contributed by atoms with Crippen molar-refractivity contribution in [3.63, 3.8) is 0 Å². The first-order chi connectivity index (χ1) is 11.9. The zero-order chi connectivity index (χ0) is 18.4. The Labute approximate surface area is 146 Å². The molecule has 0 atom stereocenters. The summed E-state index contributed by atoms with van der Waals surface area (Å²) in [7, 11) is 1.68. The van der Waals surface area contributed by atoms with Crippen LogP contribution in [-0.4, -0.2) is 31.3 Å². The number of carbonyl (C=O) groups is 3. The number of amides is 3. The van der Waals surface area contributed by atoms with Crippen LogP contribution in [0.25, 0.3) is 0 Å². The average Bonchev–Trinajstić information content (AvgIpc) is 2.60. The molecule has 0 unspecified atom stereocenters. The molecule has 6 heteroatoms. The van der Waals surface area contributed by atoms with Crippen molar-refractivity contribution in [1.82, 2.24) is 5.32 Å². The van der Waals surface area contributed by atoms with Crippen LogP contribution in [-0.2, 0) is 9.59 Å². The number of benzene rings is 2. The highest BCUT2D eigenvalue weighted by Crippen LogP contribution is 2.16. The Bertz CT molecular complexity index is 785. The smallest absolute Gasteiger partial charge is 0.251 e. The summed E-state index contributed by atoms with van der Waals surface area (Å²) >= 11 is 0. The first-order valence-electron chi connectivity index (χ1n) is 7.86. The number of anilines is 2. The summed E-state index contributed by atoms with van der Waals surface area (Å²) in [4.78, 5) is 36.9. The van der Waals surface area contributed by atoms with E-state index in [2.05, 4.69) is 10.6 Å². The molecule has 0 aliphatic rings. The third-order valence-electron chi connectivity index (χ3n) is 3.81. The normalized spacial score (nSPS) is 10.0. The van der Waals surface area contributed by atoms with E-state index >= 15 is 0 Å². The quantitative estimate of drug-likeness (QED) is 0.878. The molecule has 2 aromatic carbocycles. The van der Waals surface area contributed by atoms with Gasteiger partial charge in [-0.2, -0.15) is 0 Å². The van der Waals surface area contributed by atoms with E-state index in [0.717, 1.165) is 11.3 Å². The fourth-order valence-electron chi connectivity index (χ4n) is 2.24. The number of rotatable bonds is 5. The van der Waals surface area contributed by atoms with E-state index in [0.29, 0.717) is 11.3 Å². The lowest BCUT2D eigenvalue weighted by atomic mass is 10.1. The van der Waals surface area contributed by atoms with Gasteiger partial charge in [0.2, 0.25) is 11.8 Å². The SMILES string of the molecule is CC(=O)N(C)c1ccc(NC(=O)CNC(=O)c2ccccc2C)cc1. The molecule has 130 valence electrons. The Morgan fingerprint density at radius 2 is 1.64 bits per heavy atom. The molecule has 0 saturated heterocycles. The maximum absolute atomic E-state index is 12.1. The minimum atomic E-state index is -0.324. The summed E-state index contributed by atoms with van der Waals surface area (Å²) in [5.74, 6) is -0.683. The van der Waals surface area contributed by atoms with E-state index < -0.39 is 0 Å². The number of nitrogens with zero attached hydrogens (tertiary/aromatic N) is 1. The molecule has 0 fully saturated rings. The maximum Gasteiger partial charge on any atom is 0.251 e. The highest BCUT2D eigenvalue weighted by atomic mass is 16.2. The summed E-state index contributed by atoms with van der Waals surface area (Å²) in [6, 6.07) is 14.1. The number of nitrogens with one attached hydrogen (secondary N) is 2. The zero-order valence-electron chi connectivity index (χ0n) is 14.5. The molecule has 25 heavy (non-hydrogen) atoms. The summed E-state index contributed by atoms with van der Waals surface area (Å²) in [6.45, 7) is 3.20. The Morgan fingerprint density at radius 1 is 1.00 bits per heavy atom. The molecule has 0 bridgehead atoms. The topological polar surface area (TPSA) is 78.5 Å². The van der Waals surface area contributed by atoms with Gasteiger partial charge in [-0.05, 0) is 42.8 Å². The molecular formula is C19H21N3O3. The fraction of sp³-hybridized carbons (Fsp3) is 0.211. The molecular weight excluding hydrogens is 318 g/mol. The van der Waals surface area contributed by atoms with E-state index in [1.807, 2.05) is 19.1 Å². The van der Waals surface area contributed by atoms with Crippen molar-refractivity contribution < 1.29 is 14.4 Å². The molecule has 0 aromatic heterocycles. The van der Waals surface area contributed by atoms with E-state index in [1.54, 1.807) is 43.4 Å². The molecule has 2 rings (SSSR count). The van der Waals surface area contributed by atoms with Crippen molar-refractivity contribution in [1.29, 1.82) is 0 Å². The Kier molecular flexibility index (Phi) is 5.89. The Morgan fingerprint density at radius 3 is 2.24 bits per heavy atom. The van der Waals surface area contributed by atoms with Gasteiger partial charge in [-0.15, -0.1) is 0 Å². The molecule has 0 aliphatic carbocycles. The molecule has 2 aromatic rings. The number of hydrogen-bond donors (Lipinski definition) is 2. The van der Waals surface area contributed by atoms with Crippen LogP contribution in [0.15, 0.2) is 48.5 Å². The van der Waals surface area contributed by atoms with Gasteiger partial charge in [0.15, 0.2) is 0 Å². The van der Waals surface area contributed by atoms with Crippen molar-refractivity contribution in [3.05, 3.63) is 59.7 Å². The lowest BCUT2D eigenvalue weighted by Gasteiger charge is -2.15. The number of carbonyl (C=O) groups excluding carboxylic acids is 3. The molecule has 0 spiro atoms. The predicted octanol–water partition coefficient (Wildman–Crippen LogP) is 2.35. The average molecular weight is 339 g/mol. The first-order valence-corrected chi connectivity index (χ1v) is 7.86. The van der Waals surface area contributed by atoms with Crippen molar-refractivity contribution in [2.24, 2.45) is 0 Å². The minimum absolute atomic E-state index is 0.0734. The summed E-state index contributed by atoms with van der Waals surface area (Å²) < 4.78 is 0. The molecule has 0 radical (unpaired) electrons. The van der Waals surface area contributed by atoms with Crippen molar-refractivity contribution in [2.75, 3.05) is 23.8 Å². The Balaban J connectivity index is 1.89. The predicted molar refractivity (Wildman–Crippen MR) is 97.7 cm³/mol. The van der Waals surface area contributed by atoms with E-state index in [1.165, 1.54) is 11.8 Å². The van der Waals surface area contributed by atoms with Gasteiger partial charge in [0.05, 0.1) is 6.54 Å². The van der Waals surface area contributed by atoms with Crippen LogP contribution < -0.4 is 15.5 Å². The van der Waals surface area contributed by atoms with E-state index in [9.17, 15) is 14.4 Å². The largest absolute Gasteiger partial charge is 0.343 e. The maximum atomic E-state index is 12.1. The van der Waals surface area contributed by atoms with Crippen molar-refractivity contribution in [3.8, 4) is 0 Å². The summed E-state index contributed by atoms with van der Waals surface area (Å²) in [5, 5.41) is 5.30. The first kappa shape index (κ1) is 18.2. The van der Waals surface area contributed by atoms with Crippen LogP contribution in [0.3, 0.4) is 0 Å². The lowest BCUT2D eigenvalue weighted by molar-refractivity contribution is -0.116. The monoisotopic (exact) mass is 339 g/mol. The lowest BCUT2D eigenvalue weighted by Crippen LogP contribution is -2.33. The second-order valence-electron chi connectivity index (χ2n) is 5.67. The van der Waals surface area contributed by atoms with Crippen LogP contribution in [0, 0.1) is 6.92 Å². The van der Waals surface area contributed by atoms with Gasteiger partial charge in [0, 0.05) is 30.9 Å². The fourth-order valence-corrected chi connectivity index (χ4v) is 2.24. The van der Waals surface area contributed by atoms with Gasteiger partial charge in [-0.25, -0.2) is 0 Å². The molecule has 2 N–H and O–H groups in total. The second kappa shape index (κ2) is 8.10. The third kappa shape index (κ3) is 4.91. The van der Waals surface area contributed by atoms with Crippen LogP contribution >= 0.6 is 0 Å². The van der Waals surface area contributed by atoms with Crippen LogP contribution in [0.5, 0.6) is 0 Å². The van der Waals surface area contributed by atoms with Crippen molar-refractivity contribution >= 4 is 29.1 Å². The number of aryl methyl sites for hydroxylation is 1. The molecule has 0 saturated carbocycles. The molecule has 6 nitrogen and oxygen atoms in total. The van der Waals surface area contributed by atoms with Gasteiger partial charge in [-0.1, -0.05) is 18.2 Å². The molecule has 0 aliphatic heterocycles. The Hall–Kier alpha value is -3.15. The van der Waals surface area contributed by atoms with Crippen LogP contribution in [0.2, 0.25) is 0 Å². The van der Waals surface area contributed by atoms with Gasteiger partial charge in [-0.3, -0.25) is 14.4 Å². The zero-order valence-corrected chi connectivity index (χ0v) is 14.5. The van der Waals surface area contributed by atoms with Crippen LogP contribution in [0.1, 0.15) is 22.8 Å². The third-order valence-corrected chi connectivity index (χ3v) is 3.81. The van der Waals surface area contributed by atoms with Gasteiger partial charge >= 0.3 is 0 Å². The highest BCUT2D eigenvalue weighted by molar-refractivity contribution is 6.00. The van der Waals surface area contributed by atoms with E-state index in [-0.39, 0.29) is 24.3 Å². The molecule has 3 amide bonds. The van der Waals surface area contributed by atoms with Gasteiger partial charge in [0.25, 0.3) is 5.91 Å². The minimum Gasteiger partial charge on any atom is -0.343 e. The summed E-state index contributed by atoms with van der Waals surface area (Å²) in [6.07, 6.45) is 0. The number of hydrogen-bond acceptors (Lipinski definition) is 3. The van der Waals surface area contributed by atoms with Gasteiger partial charge < -0.3 is 15.5 Å².